The second-order valence-electron chi connectivity index (χ2n) is 6.98. The Bertz CT molecular complexity index is 1080. The first-order chi connectivity index (χ1) is 13.9. The molecule has 0 amide bonds. The molecule has 4 aromatic carbocycles. The summed E-state index contributed by atoms with van der Waals surface area (Å²) >= 11 is 0. The topological polar surface area (TPSA) is 9.23 Å². The van der Waals surface area contributed by atoms with Crippen LogP contribution in [-0.2, 0) is 4.43 Å². The molecule has 0 aliphatic carbocycles. The van der Waals surface area contributed by atoms with Crippen LogP contribution < -0.4 is 15.6 Å². The Morgan fingerprint density at radius 2 is 1.00 bits per heavy atom. The van der Waals surface area contributed by atoms with Crippen LogP contribution in [0.25, 0.3) is 11.8 Å². The van der Waals surface area contributed by atoms with Crippen LogP contribution in [0.1, 0.15) is 11.1 Å². The number of hydrogen-bond donors (Lipinski definition) is 0. The summed E-state index contributed by atoms with van der Waals surface area (Å²) in [7, 11) is -2.67. The molecule has 0 atom stereocenters. The summed E-state index contributed by atoms with van der Waals surface area (Å²) in [6.45, 7) is 0. The van der Waals surface area contributed by atoms with Crippen LogP contribution in [0.5, 0.6) is 0 Å². The van der Waals surface area contributed by atoms with Gasteiger partial charge in [-0.2, -0.15) is 0 Å². The smallest absolute Gasteiger partial charge is 0.347 e. The summed E-state index contributed by atoms with van der Waals surface area (Å²) in [5, 5.41) is 3.82. The Kier molecular flexibility index (Phi) is 4.19. The van der Waals surface area contributed by atoms with Crippen LogP contribution in [0.2, 0.25) is 0 Å². The summed E-state index contributed by atoms with van der Waals surface area (Å²) in [5.41, 5.74) is 2.35. The predicted molar refractivity (Wildman–Crippen MR) is 119 cm³/mol. The number of rotatable bonds is 3. The first-order valence-electron chi connectivity index (χ1n) is 9.54. The van der Waals surface area contributed by atoms with E-state index >= 15 is 0 Å². The van der Waals surface area contributed by atoms with E-state index in [-0.39, 0.29) is 0 Å². The highest BCUT2D eigenvalue weighted by molar-refractivity contribution is 7.08. The first-order valence-corrected chi connectivity index (χ1v) is 11.5. The van der Waals surface area contributed by atoms with Gasteiger partial charge in [-0.25, -0.2) is 0 Å². The minimum atomic E-state index is -2.67. The van der Waals surface area contributed by atoms with Crippen molar-refractivity contribution in [2.24, 2.45) is 0 Å². The zero-order valence-electron chi connectivity index (χ0n) is 15.5. The molecule has 28 heavy (non-hydrogen) atoms. The lowest BCUT2D eigenvalue weighted by atomic mass is 10.1. The maximum Gasteiger partial charge on any atom is 0.347 e. The highest BCUT2D eigenvalue weighted by Crippen LogP contribution is 2.29. The summed E-state index contributed by atoms with van der Waals surface area (Å²) in [5.74, 6) is 0.943. The van der Waals surface area contributed by atoms with Crippen LogP contribution in [0.4, 0.5) is 0 Å². The number of benzene rings is 4. The van der Waals surface area contributed by atoms with Crippen LogP contribution in [0.15, 0.2) is 115 Å². The molecule has 0 N–H and O–H groups in total. The molecule has 1 heterocycles. The Balaban J connectivity index is 1.83. The van der Waals surface area contributed by atoms with Gasteiger partial charge in [-0.15, -0.1) is 0 Å². The monoisotopic (exact) mass is 376 g/mol. The van der Waals surface area contributed by atoms with Crippen molar-refractivity contribution in [3.05, 3.63) is 126 Å². The van der Waals surface area contributed by atoms with Gasteiger partial charge in [-0.1, -0.05) is 115 Å². The third kappa shape index (κ3) is 2.70. The fraction of sp³-hybridized carbons (Fsp3) is 0. The molecular weight excluding hydrogens is 356 g/mol. The van der Waals surface area contributed by atoms with Gasteiger partial charge in [0.15, 0.2) is 0 Å². The van der Waals surface area contributed by atoms with E-state index in [9.17, 15) is 0 Å². The van der Waals surface area contributed by atoms with Gasteiger partial charge in [0.05, 0.1) is 0 Å². The van der Waals surface area contributed by atoms with E-state index in [2.05, 4.69) is 115 Å². The van der Waals surface area contributed by atoms with Crippen LogP contribution in [-0.4, -0.2) is 8.32 Å². The van der Waals surface area contributed by atoms with Gasteiger partial charge < -0.3 is 4.43 Å². The largest absolute Gasteiger partial charge is 0.530 e. The lowest BCUT2D eigenvalue weighted by Crippen LogP contribution is -2.70. The van der Waals surface area contributed by atoms with Gasteiger partial charge in [0.25, 0.3) is 0 Å². The molecule has 0 saturated carbocycles. The van der Waals surface area contributed by atoms with Crippen molar-refractivity contribution in [3.8, 4) is 0 Å². The van der Waals surface area contributed by atoms with Crippen molar-refractivity contribution in [3.63, 3.8) is 0 Å². The molecule has 1 aliphatic heterocycles. The summed E-state index contributed by atoms with van der Waals surface area (Å²) in [6, 6.07) is 40.5. The van der Waals surface area contributed by atoms with Crippen molar-refractivity contribution in [1.29, 1.82) is 0 Å². The van der Waals surface area contributed by atoms with E-state index in [1.807, 2.05) is 6.07 Å². The molecule has 0 unspecified atom stereocenters. The third-order valence-corrected chi connectivity index (χ3v) is 9.34. The zero-order valence-corrected chi connectivity index (χ0v) is 16.5. The van der Waals surface area contributed by atoms with Gasteiger partial charge >= 0.3 is 8.32 Å². The van der Waals surface area contributed by atoms with E-state index in [0.29, 0.717) is 0 Å². The lowest BCUT2D eigenvalue weighted by Gasteiger charge is -2.38. The van der Waals surface area contributed by atoms with Crippen molar-refractivity contribution < 1.29 is 4.43 Å². The average Bonchev–Trinajstić information content (AvgIpc) is 2.80. The molecule has 1 aliphatic rings. The Morgan fingerprint density at radius 1 is 0.500 bits per heavy atom. The number of hydrogen-bond acceptors (Lipinski definition) is 1. The highest BCUT2D eigenvalue weighted by atomic mass is 28.4. The minimum absolute atomic E-state index is 0.943. The van der Waals surface area contributed by atoms with Crippen molar-refractivity contribution in [2.75, 3.05) is 0 Å². The van der Waals surface area contributed by atoms with E-state index < -0.39 is 8.32 Å². The molecule has 0 bridgehead atoms. The highest BCUT2D eigenvalue weighted by Gasteiger charge is 2.47. The SMILES string of the molecule is C1=C(c2ccccc2)O[Si](c2ccccc2)(c2ccccc2)c2ccccc21. The van der Waals surface area contributed by atoms with E-state index in [0.717, 1.165) is 11.3 Å². The summed E-state index contributed by atoms with van der Waals surface area (Å²) in [6.07, 6.45) is 2.18. The van der Waals surface area contributed by atoms with Crippen LogP contribution >= 0.6 is 0 Å². The van der Waals surface area contributed by atoms with Gasteiger partial charge in [-0.05, 0) is 27.2 Å². The van der Waals surface area contributed by atoms with Crippen molar-refractivity contribution in [2.45, 2.75) is 0 Å². The predicted octanol–water partition coefficient (Wildman–Crippen LogP) is 4.18. The Hall–Kier alpha value is -3.36. The van der Waals surface area contributed by atoms with Crippen molar-refractivity contribution >= 4 is 35.7 Å². The van der Waals surface area contributed by atoms with E-state index in [1.165, 1.54) is 21.1 Å². The molecule has 0 spiro atoms. The molecule has 0 radical (unpaired) electrons. The molecule has 2 heteroatoms. The van der Waals surface area contributed by atoms with Gasteiger partial charge in [0.2, 0.25) is 0 Å². The quantitative estimate of drug-likeness (QED) is 0.488. The number of fused-ring (bicyclic) bond motifs is 1. The van der Waals surface area contributed by atoms with Gasteiger partial charge in [0, 0.05) is 5.56 Å². The molecule has 0 saturated heterocycles. The normalized spacial score (nSPS) is 14.5. The van der Waals surface area contributed by atoms with Crippen LogP contribution in [0, 0.1) is 0 Å². The molecule has 4 aromatic rings. The second-order valence-corrected chi connectivity index (χ2v) is 10.2. The molecular formula is C26H20OSi. The third-order valence-electron chi connectivity index (χ3n) is 5.31. The maximum atomic E-state index is 7.06. The standard InChI is InChI=1S/C26H20OSi/c1-4-12-21(13-5-1)25-20-22-14-10-11-19-26(22)28(27-25,23-15-6-2-7-16-23)24-17-8-3-9-18-24/h1-20H. The van der Waals surface area contributed by atoms with Gasteiger partial charge in [0.1, 0.15) is 5.76 Å². The minimum Gasteiger partial charge on any atom is -0.530 e. The zero-order chi connectivity index (χ0) is 18.8. The maximum absolute atomic E-state index is 7.06. The second kappa shape index (κ2) is 6.99. The molecule has 134 valence electrons. The van der Waals surface area contributed by atoms with Crippen LogP contribution in [0.3, 0.4) is 0 Å². The first kappa shape index (κ1) is 16.8. The molecule has 0 fully saturated rings. The van der Waals surface area contributed by atoms with Crippen molar-refractivity contribution in [1.82, 2.24) is 0 Å². The fourth-order valence-electron chi connectivity index (χ4n) is 4.02. The lowest BCUT2D eigenvalue weighted by molar-refractivity contribution is 0.534. The van der Waals surface area contributed by atoms with Gasteiger partial charge in [-0.3, -0.25) is 0 Å². The molecule has 5 rings (SSSR count). The summed E-state index contributed by atoms with van der Waals surface area (Å²) < 4.78 is 7.06. The Labute approximate surface area is 166 Å². The molecule has 0 aromatic heterocycles. The summed E-state index contributed by atoms with van der Waals surface area (Å²) in [4.78, 5) is 0. The van der Waals surface area contributed by atoms with E-state index in [4.69, 9.17) is 4.43 Å². The molecule has 1 nitrogen and oxygen atoms in total. The average molecular weight is 377 g/mol. The fourth-order valence-corrected chi connectivity index (χ4v) is 8.04. The Morgan fingerprint density at radius 3 is 1.61 bits per heavy atom. The van der Waals surface area contributed by atoms with E-state index in [1.54, 1.807) is 0 Å².